The lowest BCUT2D eigenvalue weighted by atomic mass is 9.97. The molecule has 2 unspecified atom stereocenters. The van der Waals surface area contributed by atoms with Gasteiger partial charge in [-0.3, -0.25) is 4.79 Å². The summed E-state index contributed by atoms with van der Waals surface area (Å²) in [5.74, 6) is 0.0677. The zero-order valence-corrected chi connectivity index (χ0v) is 16.0. The minimum absolute atomic E-state index is 0. The summed E-state index contributed by atoms with van der Waals surface area (Å²) in [7, 11) is 0. The number of carbonyl (C=O) groups excluding carboxylic acids is 1. The van der Waals surface area contributed by atoms with Gasteiger partial charge in [0.1, 0.15) is 0 Å². The lowest BCUT2D eigenvalue weighted by Gasteiger charge is -2.33. The molecular weight excluding hydrogens is 356 g/mol. The Morgan fingerprint density at radius 1 is 1.36 bits per heavy atom. The van der Waals surface area contributed by atoms with Crippen LogP contribution in [0.25, 0.3) is 0 Å². The standard InChI is InChI=1S/C19H24N2O2S.ClH/c1-19(9-5-10-20-19)18(23)21(12-15-6-3-2-4-7-15)13-17(22)16-8-11-24-14-16;/h2-4,6-8,11,14,17,20,22H,5,9-10,12-13H2,1H3;1H. The molecule has 1 fully saturated rings. The van der Waals surface area contributed by atoms with Gasteiger partial charge in [0.25, 0.3) is 0 Å². The normalized spacial score (nSPS) is 20.7. The van der Waals surface area contributed by atoms with Crippen LogP contribution in [0.4, 0.5) is 0 Å². The molecule has 0 aliphatic carbocycles. The fraction of sp³-hybridized carbons (Fsp3) is 0.421. The van der Waals surface area contributed by atoms with Gasteiger partial charge in [0.2, 0.25) is 5.91 Å². The van der Waals surface area contributed by atoms with Crippen molar-refractivity contribution in [3.63, 3.8) is 0 Å². The molecule has 0 saturated carbocycles. The van der Waals surface area contributed by atoms with Gasteiger partial charge in [-0.25, -0.2) is 0 Å². The number of carbonyl (C=O) groups is 1. The summed E-state index contributed by atoms with van der Waals surface area (Å²) < 4.78 is 0. The van der Waals surface area contributed by atoms with E-state index in [1.54, 1.807) is 16.2 Å². The van der Waals surface area contributed by atoms with E-state index in [2.05, 4.69) is 5.32 Å². The monoisotopic (exact) mass is 380 g/mol. The smallest absolute Gasteiger partial charge is 0.242 e. The molecule has 136 valence electrons. The number of hydrogen-bond acceptors (Lipinski definition) is 4. The Hall–Kier alpha value is -1.40. The first kappa shape index (κ1) is 19.9. The lowest BCUT2D eigenvalue weighted by Crippen LogP contribution is -2.53. The summed E-state index contributed by atoms with van der Waals surface area (Å²) in [6.07, 6.45) is 1.19. The van der Waals surface area contributed by atoms with E-state index in [4.69, 9.17) is 0 Å². The molecule has 6 heteroatoms. The average Bonchev–Trinajstić information content (AvgIpc) is 3.27. The summed E-state index contributed by atoms with van der Waals surface area (Å²) >= 11 is 1.56. The Balaban J connectivity index is 0.00000225. The zero-order valence-electron chi connectivity index (χ0n) is 14.4. The quantitative estimate of drug-likeness (QED) is 0.807. The minimum Gasteiger partial charge on any atom is -0.387 e. The highest BCUT2D eigenvalue weighted by Gasteiger charge is 2.39. The van der Waals surface area contributed by atoms with Gasteiger partial charge in [-0.1, -0.05) is 30.3 Å². The van der Waals surface area contributed by atoms with Crippen LogP contribution in [0.1, 0.15) is 37.0 Å². The zero-order chi connectivity index (χ0) is 17.0. The van der Waals surface area contributed by atoms with Crippen LogP contribution in [0, 0.1) is 0 Å². The number of amides is 1. The second-order valence-corrected chi connectivity index (χ2v) is 7.39. The van der Waals surface area contributed by atoms with Crippen molar-refractivity contribution in [3.05, 3.63) is 58.3 Å². The molecule has 1 amide bonds. The molecular formula is C19H25ClN2O2S. The van der Waals surface area contributed by atoms with Crippen molar-refractivity contribution in [2.75, 3.05) is 13.1 Å². The summed E-state index contributed by atoms with van der Waals surface area (Å²) in [6.45, 7) is 3.66. The number of nitrogens with one attached hydrogen (secondary N) is 1. The van der Waals surface area contributed by atoms with E-state index in [1.165, 1.54) is 0 Å². The van der Waals surface area contributed by atoms with Crippen LogP contribution in [-0.4, -0.2) is 34.5 Å². The van der Waals surface area contributed by atoms with Gasteiger partial charge >= 0.3 is 0 Å². The van der Waals surface area contributed by atoms with Crippen LogP contribution in [0.15, 0.2) is 47.2 Å². The highest BCUT2D eigenvalue weighted by atomic mass is 35.5. The third-order valence-electron chi connectivity index (χ3n) is 4.67. The van der Waals surface area contributed by atoms with Crippen molar-refractivity contribution < 1.29 is 9.90 Å². The first-order valence-electron chi connectivity index (χ1n) is 8.37. The number of thiophene rings is 1. The van der Waals surface area contributed by atoms with Gasteiger partial charge in [0.15, 0.2) is 0 Å². The Kier molecular flexibility index (Phi) is 7.02. The van der Waals surface area contributed by atoms with Crippen molar-refractivity contribution in [2.45, 2.75) is 38.0 Å². The number of benzene rings is 1. The van der Waals surface area contributed by atoms with Crippen molar-refractivity contribution in [1.82, 2.24) is 10.2 Å². The Morgan fingerprint density at radius 3 is 2.72 bits per heavy atom. The number of rotatable bonds is 6. The van der Waals surface area contributed by atoms with E-state index >= 15 is 0 Å². The summed E-state index contributed by atoms with van der Waals surface area (Å²) in [4.78, 5) is 14.9. The molecule has 2 atom stereocenters. The number of hydrogen-bond donors (Lipinski definition) is 2. The maximum atomic E-state index is 13.1. The van der Waals surface area contributed by atoms with E-state index in [0.29, 0.717) is 13.1 Å². The molecule has 0 bridgehead atoms. The molecule has 0 radical (unpaired) electrons. The van der Waals surface area contributed by atoms with Crippen molar-refractivity contribution in [1.29, 1.82) is 0 Å². The molecule has 0 spiro atoms. The maximum absolute atomic E-state index is 13.1. The third-order valence-corrected chi connectivity index (χ3v) is 5.37. The van der Waals surface area contributed by atoms with E-state index in [-0.39, 0.29) is 18.3 Å². The molecule has 4 nitrogen and oxygen atoms in total. The van der Waals surface area contributed by atoms with Crippen molar-refractivity contribution in [3.8, 4) is 0 Å². The van der Waals surface area contributed by atoms with E-state index < -0.39 is 11.6 Å². The number of nitrogens with zero attached hydrogens (tertiary/aromatic N) is 1. The Morgan fingerprint density at radius 2 is 2.12 bits per heavy atom. The van der Waals surface area contributed by atoms with Crippen LogP contribution in [0.2, 0.25) is 0 Å². The minimum atomic E-state index is -0.658. The van der Waals surface area contributed by atoms with Gasteiger partial charge < -0.3 is 15.3 Å². The Labute approximate surface area is 159 Å². The van der Waals surface area contributed by atoms with Crippen LogP contribution >= 0.6 is 23.7 Å². The predicted molar refractivity (Wildman–Crippen MR) is 104 cm³/mol. The van der Waals surface area contributed by atoms with Crippen LogP contribution in [0.3, 0.4) is 0 Å². The maximum Gasteiger partial charge on any atom is 0.242 e. The van der Waals surface area contributed by atoms with Crippen molar-refractivity contribution in [2.24, 2.45) is 0 Å². The Bertz CT molecular complexity index is 657. The topological polar surface area (TPSA) is 52.6 Å². The van der Waals surface area contributed by atoms with Gasteiger partial charge in [-0.15, -0.1) is 12.4 Å². The summed E-state index contributed by atoms with van der Waals surface area (Å²) in [5, 5.41) is 17.7. The fourth-order valence-corrected chi connectivity index (χ4v) is 3.94. The highest BCUT2D eigenvalue weighted by Crippen LogP contribution is 2.25. The average molecular weight is 381 g/mol. The molecule has 25 heavy (non-hydrogen) atoms. The number of aliphatic hydroxyl groups is 1. The molecule has 1 aromatic heterocycles. The van der Waals surface area contributed by atoms with Crippen LogP contribution < -0.4 is 5.32 Å². The molecule has 1 saturated heterocycles. The molecule has 3 rings (SSSR count). The molecule has 2 aromatic rings. The fourth-order valence-electron chi connectivity index (χ4n) is 3.23. The van der Waals surface area contributed by atoms with E-state index in [9.17, 15) is 9.90 Å². The summed E-state index contributed by atoms with van der Waals surface area (Å²) in [6, 6.07) is 11.9. The van der Waals surface area contributed by atoms with Gasteiger partial charge in [-0.05, 0) is 54.3 Å². The molecule has 1 aliphatic heterocycles. The van der Waals surface area contributed by atoms with Gasteiger partial charge in [0, 0.05) is 6.54 Å². The van der Waals surface area contributed by atoms with E-state index in [1.807, 2.05) is 54.1 Å². The molecule has 1 aliphatic rings. The highest BCUT2D eigenvalue weighted by molar-refractivity contribution is 7.07. The second kappa shape index (κ2) is 8.81. The van der Waals surface area contributed by atoms with Crippen molar-refractivity contribution >= 4 is 29.7 Å². The summed E-state index contributed by atoms with van der Waals surface area (Å²) in [5.41, 5.74) is 1.42. The van der Waals surface area contributed by atoms with Gasteiger partial charge in [0.05, 0.1) is 18.2 Å². The molecule has 1 aromatic carbocycles. The number of halogens is 1. The molecule has 2 N–H and O–H groups in total. The van der Waals surface area contributed by atoms with Gasteiger partial charge in [-0.2, -0.15) is 11.3 Å². The second-order valence-electron chi connectivity index (χ2n) is 6.61. The third kappa shape index (κ3) is 4.82. The van der Waals surface area contributed by atoms with Crippen LogP contribution in [0.5, 0.6) is 0 Å². The van der Waals surface area contributed by atoms with Crippen LogP contribution in [-0.2, 0) is 11.3 Å². The molecule has 2 heterocycles. The SMILES string of the molecule is CC1(C(=O)N(Cc2ccccc2)CC(O)c2ccsc2)CCCN1.Cl. The number of aliphatic hydroxyl groups excluding tert-OH is 1. The predicted octanol–water partition coefficient (Wildman–Crippen LogP) is 3.37. The first-order chi connectivity index (χ1) is 11.6. The largest absolute Gasteiger partial charge is 0.387 e. The lowest BCUT2D eigenvalue weighted by molar-refractivity contribution is -0.139. The van der Waals surface area contributed by atoms with E-state index in [0.717, 1.165) is 30.5 Å². The first-order valence-corrected chi connectivity index (χ1v) is 9.31.